The molecule has 1 atom stereocenters. The molecular formula is C24H22N6O2. The van der Waals surface area contributed by atoms with Crippen molar-refractivity contribution in [3.63, 3.8) is 0 Å². The first kappa shape index (κ1) is 19.7. The third-order valence-corrected chi connectivity index (χ3v) is 5.70. The average Bonchev–Trinajstić information content (AvgIpc) is 3.24. The van der Waals surface area contributed by atoms with Gasteiger partial charge in [0.15, 0.2) is 11.5 Å². The van der Waals surface area contributed by atoms with E-state index in [9.17, 15) is 4.79 Å². The van der Waals surface area contributed by atoms with Gasteiger partial charge in [-0.25, -0.2) is 19.7 Å². The fourth-order valence-corrected chi connectivity index (χ4v) is 4.03. The van der Waals surface area contributed by atoms with Gasteiger partial charge in [-0.3, -0.25) is 0 Å². The number of benzene rings is 2. The van der Waals surface area contributed by atoms with E-state index in [0.29, 0.717) is 28.1 Å². The zero-order chi connectivity index (χ0) is 22.4. The maximum atomic E-state index is 12.9. The summed E-state index contributed by atoms with van der Waals surface area (Å²) in [5, 5.41) is 1.37. The Morgan fingerprint density at radius 2 is 1.81 bits per heavy atom. The number of fused-ring (bicyclic) bond motifs is 2. The molecule has 5 aromatic rings. The highest BCUT2D eigenvalue weighted by atomic mass is 16.4. The highest BCUT2D eigenvalue weighted by Gasteiger charge is 2.24. The van der Waals surface area contributed by atoms with Crippen molar-refractivity contribution < 1.29 is 4.42 Å². The average molecular weight is 426 g/mol. The van der Waals surface area contributed by atoms with Gasteiger partial charge in [0, 0.05) is 30.7 Å². The van der Waals surface area contributed by atoms with Crippen molar-refractivity contribution in [3.8, 4) is 11.1 Å². The molecule has 1 unspecified atom stereocenters. The van der Waals surface area contributed by atoms with Crippen LogP contribution in [0.25, 0.3) is 33.1 Å². The van der Waals surface area contributed by atoms with Gasteiger partial charge in [-0.1, -0.05) is 30.3 Å². The Bertz CT molecular complexity index is 1520. The van der Waals surface area contributed by atoms with Gasteiger partial charge in [-0.05, 0) is 30.7 Å². The molecule has 8 nitrogen and oxygen atoms in total. The predicted octanol–water partition coefficient (Wildman–Crippen LogP) is 3.86. The number of hydrogen-bond donors (Lipinski definition) is 1. The summed E-state index contributed by atoms with van der Waals surface area (Å²) in [4.78, 5) is 27.7. The van der Waals surface area contributed by atoms with Crippen molar-refractivity contribution in [1.82, 2.24) is 19.5 Å². The molecule has 3 heterocycles. The number of nitrogens with two attached hydrogens (primary N) is 1. The fraction of sp³-hybridized carbons (Fsp3) is 0.167. The third-order valence-electron chi connectivity index (χ3n) is 5.70. The summed E-state index contributed by atoms with van der Waals surface area (Å²) in [6, 6.07) is 15.3. The molecule has 32 heavy (non-hydrogen) atoms. The number of imidazole rings is 1. The SMILES string of the molecule is CC(c1oc(=O)c2ccccc2c1-c1cccc(N(C)C)c1)n1cnc2c(N)ncnc21. The summed E-state index contributed by atoms with van der Waals surface area (Å²) in [7, 11) is 3.99. The normalized spacial score (nSPS) is 12.3. The van der Waals surface area contributed by atoms with Gasteiger partial charge < -0.3 is 19.6 Å². The van der Waals surface area contributed by atoms with E-state index in [-0.39, 0.29) is 11.7 Å². The van der Waals surface area contributed by atoms with Crippen LogP contribution in [0.2, 0.25) is 0 Å². The standard InChI is InChI=1S/C24H22N6O2/c1-14(30-13-28-20-22(25)26-12-27-23(20)30)21-19(15-7-6-8-16(11-15)29(2)3)17-9-4-5-10-18(17)24(31)32-21/h4-14H,1-3H3,(H2,25,26,27). The smallest absolute Gasteiger partial charge is 0.343 e. The maximum absolute atomic E-state index is 12.9. The molecule has 0 fully saturated rings. The Morgan fingerprint density at radius 1 is 1.03 bits per heavy atom. The van der Waals surface area contributed by atoms with Crippen LogP contribution in [0.5, 0.6) is 0 Å². The Labute approximate surface area is 184 Å². The van der Waals surface area contributed by atoms with Gasteiger partial charge in [0.05, 0.1) is 17.8 Å². The second-order valence-electron chi connectivity index (χ2n) is 7.88. The lowest BCUT2D eigenvalue weighted by Crippen LogP contribution is -2.13. The van der Waals surface area contributed by atoms with E-state index in [2.05, 4.69) is 21.0 Å². The fourth-order valence-electron chi connectivity index (χ4n) is 4.03. The minimum absolute atomic E-state index is 0.305. The van der Waals surface area contributed by atoms with Crippen molar-refractivity contribution in [3.05, 3.63) is 77.4 Å². The molecule has 0 aliphatic rings. The second kappa shape index (κ2) is 7.49. The maximum Gasteiger partial charge on any atom is 0.343 e. The van der Waals surface area contributed by atoms with Gasteiger partial charge in [0.1, 0.15) is 17.6 Å². The first-order chi connectivity index (χ1) is 15.5. The number of rotatable bonds is 4. The largest absolute Gasteiger partial charge is 0.425 e. The molecule has 160 valence electrons. The minimum Gasteiger partial charge on any atom is -0.425 e. The van der Waals surface area contributed by atoms with Crippen molar-refractivity contribution >= 4 is 33.4 Å². The van der Waals surface area contributed by atoms with E-state index in [1.807, 2.05) is 66.9 Å². The van der Waals surface area contributed by atoms with E-state index in [4.69, 9.17) is 10.2 Å². The lowest BCUT2D eigenvalue weighted by Gasteiger charge is -2.20. The lowest BCUT2D eigenvalue weighted by molar-refractivity contribution is 0.420. The summed E-state index contributed by atoms with van der Waals surface area (Å²) < 4.78 is 7.80. The second-order valence-corrected chi connectivity index (χ2v) is 7.88. The van der Waals surface area contributed by atoms with Gasteiger partial charge in [-0.2, -0.15) is 0 Å². The Balaban J connectivity index is 1.81. The summed E-state index contributed by atoms with van der Waals surface area (Å²) in [6.45, 7) is 1.95. The molecule has 2 aromatic carbocycles. The molecule has 0 bridgehead atoms. The monoisotopic (exact) mass is 426 g/mol. The van der Waals surface area contributed by atoms with Crippen LogP contribution < -0.4 is 16.3 Å². The Morgan fingerprint density at radius 3 is 2.59 bits per heavy atom. The summed E-state index contributed by atoms with van der Waals surface area (Å²) >= 11 is 0. The highest BCUT2D eigenvalue weighted by molar-refractivity contribution is 5.97. The molecule has 0 spiro atoms. The van der Waals surface area contributed by atoms with Crippen LogP contribution in [0.3, 0.4) is 0 Å². The number of aromatic nitrogens is 4. The Hall–Kier alpha value is -4.20. The van der Waals surface area contributed by atoms with E-state index < -0.39 is 0 Å². The molecule has 0 amide bonds. The molecular weight excluding hydrogens is 404 g/mol. The molecule has 2 N–H and O–H groups in total. The zero-order valence-corrected chi connectivity index (χ0v) is 18.0. The lowest BCUT2D eigenvalue weighted by atomic mass is 9.95. The minimum atomic E-state index is -0.381. The molecule has 0 radical (unpaired) electrons. The van der Waals surface area contributed by atoms with Crippen molar-refractivity contribution in [2.75, 3.05) is 24.7 Å². The van der Waals surface area contributed by atoms with Crippen molar-refractivity contribution in [1.29, 1.82) is 0 Å². The summed E-state index contributed by atoms with van der Waals surface area (Å²) in [6.07, 6.45) is 3.05. The Kier molecular flexibility index (Phi) is 4.62. The molecule has 0 aliphatic carbocycles. The topological polar surface area (TPSA) is 103 Å². The van der Waals surface area contributed by atoms with E-state index in [1.54, 1.807) is 12.4 Å². The van der Waals surface area contributed by atoms with E-state index in [1.165, 1.54) is 6.33 Å². The van der Waals surface area contributed by atoms with Crippen LogP contribution in [0.4, 0.5) is 11.5 Å². The van der Waals surface area contributed by atoms with Crippen molar-refractivity contribution in [2.45, 2.75) is 13.0 Å². The van der Waals surface area contributed by atoms with E-state index >= 15 is 0 Å². The number of nitrogens with zero attached hydrogens (tertiary/aromatic N) is 5. The van der Waals surface area contributed by atoms with Gasteiger partial charge in [-0.15, -0.1) is 0 Å². The first-order valence-electron chi connectivity index (χ1n) is 10.2. The quantitative estimate of drug-likeness (QED) is 0.465. The van der Waals surface area contributed by atoms with Crippen LogP contribution in [0.15, 0.2) is 70.4 Å². The first-order valence-corrected chi connectivity index (χ1v) is 10.2. The van der Waals surface area contributed by atoms with Crippen LogP contribution in [-0.4, -0.2) is 33.6 Å². The number of nitrogen functional groups attached to an aromatic ring is 1. The molecule has 0 saturated carbocycles. The van der Waals surface area contributed by atoms with Crippen LogP contribution >= 0.6 is 0 Å². The third kappa shape index (κ3) is 3.08. The number of hydrogen-bond acceptors (Lipinski definition) is 7. The van der Waals surface area contributed by atoms with Crippen LogP contribution in [0, 0.1) is 0 Å². The molecule has 3 aromatic heterocycles. The van der Waals surface area contributed by atoms with Crippen molar-refractivity contribution in [2.24, 2.45) is 0 Å². The van der Waals surface area contributed by atoms with Gasteiger partial charge >= 0.3 is 5.63 Å². The molecule has 8 heteroatoms. The molecule has 0 aliphatic heterocycles. The molecule has 0 saturated heterocycles. The zero-order valence-electron chi connectivity index (χ0n) is 18.0. The summed E-state index contributed by atoms with van der Waals surface area (Å²) in [5.74, 6) is 0.834. The van der Waals surface area contributed by atoms with Gasteiger partial charge in [0.2, 0.25) is 0 Å². The van der Waals surface area contributed by atoms with Crippen LogP contribution in [-0.2, 0) is 0 Å². The molecule has 5 rings (SSSR count). The summed E-state index contributed by atoms with van der Waals surface area (Å²) in [5.41, 5.74) is 9.54. The highest BCUT2D eigenvalue weighted by Crippen LogP contribution is 2.37. The van der Waals surface area contributed by atoms with Crippen LogP contribution in [0.1, 0.15) is 18.7 Å². The van der Waals surface area contributed by atoms with E-state index in [0.717, 1.165) is 22.2 Å². The number of anilines is 2. The predicted molar refractivity (Wildman–Crippen MR) is 126 cm³/mol. The van der Waals surface area contributed by atoms with Gasteiger partial charge in [0.25, 0.3) is 0 Å².